The van der Waals surface area contributed by atoms with Crippen LogP contribution in [-0.2, 0) is 4.79 Å². The molecule has 1 amide bonds. The number of benzene rings is 1. The molecule has 0 fully saturated rings. The third-order valence-corrected chi connectivity index (χ3v) is 2.75. The fourth-order valence-corrected chi connectivity index (χ4v) is 1.41. The summed E-state index contributed by atoms with van der Waals surface area (Å²) in [5.41, 5.74) is 0.825. The van der Waals surface area contributed by atoms with Gasteiger partial charge in [0.25, 0.3) is 5.91 Å². The van der Waals surface area contributed by atoms with Crippen molar-refractivity contribution in [3.63, 3.8) is 0 Å². The molecule has 4 nitrogen and oxygen atoms in total. The van der Waals surface area contributed by atoms with Crippen LogP contribution in [-0.4, -0.2) is 23.7 Å². The maximum Gasteiger partial charge on any atom is 0.258 e. The highest BCUT2D eigenvalue weighted by atomic mass is 16.5. The molecule has 0 bridgehead atoms. The molecule has 1 unspecified atom stereocenters. The van der Waals surface area contributed by atoms with Gasteiger partial charge in [0.1, 0.15) is 5.75 Å². The smallest absolute Gasteiger partial charge is 0.258 e. The van der Waals surface area contributed by atoms with E-state index >= 15 is 0 Å². The summed E-state index contributed by atoms with van der Waals surface area (Å²) in [5, 5.41) is 12.2. The van der Waals surface area contributed by atoms with E-state index < -0.39 is 6.10 Å². The van der Waals surface area contributed by atoms with Crippen LogP contribution in [0.3, 0.4) is 0 Å². The molecule has 0 heterocycles. The molecule has 18 heavy (non-hydrogen) atoms. The molecule has 0 radical (unpaired) electrons. The van der Waals surface area contributed by atoms with Gasteiger partial charge in [-0.05, 0) is 38.0 Å². The molecule has 2 atom stereocenters. The van der Waals surface area contributed by atoms with E-state index in [1.807, 2.05) is 13.8 Å². The van der Waals surface area contributed by atoms with Crippen molar-refractivity contribution in [3.8, 4) is 5.75 Å². The lowest BCUT2D eigenvalue weighted by Gasteiger charge is -2.12. The van der Waals surface area contributed by atoms with E-state index in [1.54, 1.807) is 31.2 Å². The average Bonchev–Trinajstić information content (AvgIpc) is 2.36. The lowest BCUT2D eigenvalue weighted by atomic mass is 10.1. The van der Waals surface area contributed by atoms with Gasteiger partial charge in [-0.3, -0.25) is 4.79 Å². The lowest BCUT2D eigenvalue weighted by molar-refractivity contribution is -0.123. The van der Waals surface area contributed by atoms with Gasteiger partial charge in [-0.2, -0.15) is 0 Å². The molecule has 0 aliphatic rings. The van der Waals surface area contributed by atoms with Crippen molar-refractivity contribution in [2.45, 2.75) is 39.3 Å². The van der Waals surface area contributed by atoms with Crippen molar-refractivity contribution in [1.29, 1.82) is 0 Å². The number of amides is 1. The number of aliphatic hydroxyl groups is 1. The van der Waals surface area contributed by atoms with E-state index in [1.165, 1.54) is 0 Å². The summed E-state index contributed by atoms with van der Waals surface area (Å²) in [6.45, 7) is 5.68. The zero-order valence-corrected chi connectivity index (χ0v) is 11.1. The zero-order valence-electron chi connectivity index (χ0n) is 11.1. The second-order valence-electron chi connectivity index (χ2n) is 4.41. The standard InChI is InChI=1S/C14H21NO3/c1-4-10(2)15-14(17)9-18-13-7-5-12(6-8-13)11(3)16/h5-8,10-11,16H,4,9H2,1-3H3,(H,15,17)/t10?,11-/m0/s1. The summed E-state index contributed by atoms with van der Waals surface area (Å²) in [7, 11) is 0. The van der Waals surface area contributed by atoms with Gasteiger partial charge in [0, 0.05) is 6.04 Å². The highest BCUT2D eigenvalue weighted by Crippen LogP contribution is 2.17. The monoisotopic (exact) mass is 251 g/mol. The molecule has 0 aliphatic carbocycles. The Hall–Kier alpha value is -1.55. The first kappa shape index (κ1) is 14.5. The van der Waals surface area contributed by atoms with Crippen LogP contribution in [0, 0.1) is 0 Å². The van der Waals surface area contributed by atoms with Gasteiger partial charge in [-0.15, -0.1) is 0 Å². The molecule has 1 aromatic carbocycles. The van der Waals surface area contributed by atoms with E-state index in [9.17, 15) is 9.90 Å². The van der Waals surface area contributed by atoms with Gasteiger partial charge < -0.3 is 15.2 Å². The van der Waals surface area contributed by atoms with Crippen LogP contribution in [0.15, 0.2) is 24.3 Å². The van der Waals surface area contributed by atoms with Crippen LogP contribution in [0.1, 0.15) is 38.9 Å². The summed E-state index contributed by atoms with van der Waals surface area (Å²) in [5.74, 6) is 0.502. The first-order valence-electron chi connectivity index (χ1n) is 6.23. The third-order valence-electron chi connectivity index (χ3n) is 2.75. The Morgan fingerprint density at radius 2 is 1.94 bits per heavy atom. The number of hydrogen-bond acceptors (Lipinski definition) is 3. The average molecular weight is 251 g/mol. The molecule has 4 heteroatoms. The molecular weight excluding hydrogens is 230 g/mol. The van der Waals surface area contributed by atoms with Crippen molar-refractivity contribution >= 4 is 5.91 Å². The Morgan fingerprint density at radius 1 is 1.33 bits per heavy atom. The topological polar surface area (TPSA) is 58.6 Å². The second kappa shape index (κ2) is 7.01. The van der Waals surface area contributed by atoms with Gasteiger partial charge in [0.05, 0.1) is 6.10 Å². The van der Waals surface area contributed by atoms with E-state index in [2.05, 4.69) is 5.32 Å². The van der Waals surface area contributed by atoms with Gasteiger partial charge in [0.2, 0.25) is 0 Å². The predicted octanol–water partition coefficient (Wildman–Crippen LogP) is 2.03. The minimum absolute atomic E-state index is 0.0123. The molecule has 0 saturated heterocycles. The molecule has 0 aromatic heterocycles. The molecule has 1 rings (SSSR count). The fourth-order valence-electron chi connectivity index (χ4n) is 1.41. The number of hydrogen-bond donors (Lipinski definition) is 2. The van der Waals surface area contributed by atoms with Crippen LogP contribution in [0.25, 0.3) is 0 Å². The predicted molar refractivity (Wildman–Crippen MR) is 70.5 cm³/mol. The van der Waals surface area contributed by atoms with Crippen LogP contribution < -0.4 is 10.1 Å². The minimum atomic E-state index is -0.493. The molecule has 2 N–H and O–H groups in total. The van der Waals surface area contributed by atoms with E-state index in [4.69, 9.17) is 4.74 Å². The van der Waals surface area contributed by atoms with Gasteiger partial charge in [0.15, 0.2) is 6.61 Å². The summed E-state index contributed by atoms with van der Waals surface area (Å²) in [4.78, 5) is 11.5. The Morgan fingerprint density at radius 3 is 2.44 bits per heavy atom. The van der Waals surface area contributed by atoms with E-state index in [0.29, 0.717) is 5.75 Å². The number of nitrogens with one attached hydrogen (secondary N) is 1. The van der Waals surface area contributed by atoms with Crippen LogP contribution in [0.5, 0.6) is 5.75 Å². The Balaban J connectivity index is 2.41. The summed E-state index contributed by atoms with van der Waals surface area (Å²) in [6, 6.07) is 7.23. The molecular formula is C14H21NO3. The lowest BCUT2D eigenvalue weighted by Crippen LogP contribution is -2.35. The Bertz CT molecular complexity index is 373. The molecule has 100 valence electrons. The highest BCUT2D eigenvalue weighted by Gasteiger charge is 2.06. The number of carbonyl (C=O) groups is 1. The van der Waals surface area contributed by atoms with Crippen LogP contribution in [0.4, 0.5) is 0 Å². The Labute approximate surface area is 108 Å². The van der Waals surface area contributed by atoms with E-state index in [0.717, 1.165) is 12.0 Å². The SMILES string of the molecule is CCC(C)NC(=O)COc1ccc([C@H](C)O)cc1. The normalized spacial score (nSPS) is 13.8. The first-order chi connectivity index (χ1) is 8.52. The molecule has 0 aliphatic heterocycles. The third kappa shape index (κ3) is 4.75. The van der Waals surface area contributed by atoms with Crippen LogP contribution in [0.2, 0.25) is 0 Å². The molecule has 0 spiro atoms. The highest BCUT2D eigenvalue weighted by molar-refractivity contribution is 5.77. The number of aliphatic hydroxyl groups excluding tert-OH is 1. The minimum Gasteiger partial charge on any atom is -0.484 e. The number of ether oxygens (including phenoxy) is 1. The second-order valence-corrected chi connectivity index (χ2v) is 4.41. The first-order valence-corrected chi connectivity index (χ1v) is 6.23. The largest absolute Gasteiger partial charge is 0.484 e. The number of carbonyl (C=O) groups excluding carboxylic acids is 1. The van der Waals surface area contributed by atoms with Gasteiger partial charge in [-0.25, -0.2) is 0 Å². The molecule has 0 saturated carbocycles. The van der Waals surface area contributed by atoms with Gasteiger partial charge >= 0.3 is 0 Å². The molecule has 1 aromatic rings. The van der Waals surface area contributed by atoms with Crippen molar-refractivity contribution in [3.05, 3.63) is 29.8 Å². The quantitative estimate of drug-likeness (QED) is 0.813. The number of rotatable bonds is 6. The van der Waals surface area contributed by atoms with E-state index in [-0.39, 0.29) is 18.6 Å². The van der Waals surface area contributed by atoms with Crippen molar-refractivity contribution < 1.29 is 14.6 Å². The zero-order chi connectivity index (χ0) is 13.5. The van der Waals surface area contributed by atoms with Crippen molar-refractivity contribution in [1.82, 2.24) is 5.32 Å². The fraction of sp³-hybridized carbons (Fsp3) is 0.500. The van der Waals surface area contributed by atoms with Crippen molar-refractivity contribution in [2.75, 3.05) is 6.61 Å². The van der Waals surface area contributed by atoms with Crippen LogP contribution >= 0.6 is 0 Å². The maximum atomic E-state index is 11.5. The van der Waals surface area contributed by atoms with Gasteiger partial charge in [-0.1, -0.05) is 19.1 Å². The Kier molecular flexibility index (Phi) is 5.65. The maximum absolute atomic E-state index is 11.5. The summed E-state index contributed by atoms with van der Waals surface area (Å²) < 4.78 is 5.35. The summed E-state index contributed by atoms with van der Waals surface area (Å²) >= 11 is 0. The van der Waals surface area contributed by atoms with Crippen molar-refractivity contribution in [2.24, 2.45) is 0 Å². The summed E-state index contributed by atoms with van der Waals surface area (Å²) in [6.07, 6.45) is 0.405.